The lowest BCUT2D eigenvalue weighted by Crippen LogP contribution is -2.33. The molecular weight excluding hydrogens is 193 g/mol. The monoisotopic (exact) mass is 207 g/mol. The zero-order valence-corrected chi connectivity index (χ0v) is 9.12. The fourth-order valence-electron chi connectivity index (χ4n) is 2.36. The molecule has 70 valence electrons. The highest BCUT2D eigenvalue weighted by molar-refractivity contribution is 6.51. The lowest BCUT2D eigenvalue weighted by Gasteiger charge is -2.27. The van der Waals surface area contributed by atoms with Gasteiger partial charge in [-0.3, -0.25) is 0 Å². The van der Waals surface area contributed by atoms with Crippen molar-refractivity contribution in [3.8, 4) is 0 Å². The van der Waals surface area contributed by atoms with E-state index in [4.69, 9.17) is 23.2 Å². The first-order valence-electron chi connectivity index (χ1n) is 4.62. The van der Waals surface area contributed by atoms with Gasteiger partial charge in [-0.2, -0.15) is 0 Å². The van der Waals surface area contributed by atoms with Crippen molar-refractivity contribution in [1.82, 2.24) is 4.90 Å². The topological polar surface area (TPSA) is 3.24 Å². The van der Waals surface area contributed by atoms with Crippen LogP contribution in [-0.2, 0) is 0 Å². The van der Waals surface area contributed by atoms with E-state index in [9.17, 15) is 0 Å². The number of piperidine rings is 1. The molecule has 0 radical (unpaired) electrons. The first-order chi connectivity index (χ1) is 5.52. The molecule has 1 nitrogen and oxygen atoms in total. The Kier molecular flexibility index (Phi) is 1.92. The van der Waals surface area contributed by atoms with Gasteiger partial charge in [-0.15, -0.1) is 23.2 Å². The van der Waals surface area contributed by atoms with Gasteiger partial charge in [0, 0.05) is 17.9 Å². The molecule has 0 spiro atoms. The van der Waals surface area contributed by atoms with E-state index >= 15 is 0 Å². The summed E-state index contributed by atoms with van der Waals surface area (Å²) in [6.07, 6.45) is 1.15. The number of nitrogens with zero attached hydrogens (tertiary/aromatic N) is 1. The Balaban J connectivity index is 2.08. The molecule has 2 unspecified atom stereocenters. The molecule has 2 fully saturated rings. The summed E-state index contributed by atoms with van der Waals surface area (Å²) in [5, 5.41) is 0. The highest BCUT2D eigenvalue weighted by atomic mass is 35.5. The van der Waals surface area contributed by atoms with Crippen molar-refractivity contribution in [3.63, 3.8) is 0 Å². The molecule has 2 rings (SSSR count). The summed E-state index contributed by atoms with van der Waals surface area (Å²) >= 11 is 12.4. The maximum atomic E-state index is 6.22. The van der Waals surface area contributed by atoms with Gasteiger partial charge in [0.2, 0.25) is 0 Å². The highest BCUT2D eigenvalue weighted by Crippen LogP contribution is 2.72. The van der Waals surface area contributed by atoms with E-state index in [-0.39, 0.29) is 5.41 Å². The average molecular weight is 208 g/mol. The Morgan fingerprint density at radius 3 is 2.67 bits per heavy atom. The van der Waals surface area contributed by atoms with Crippen LogP contribution in [0.4, 0.5) is 0 Å². The zero-order chi connectivity index (χ0) is 8.98. The highest BCUT2D eigenvalue weighted by Gasteiger charge is 2.73. The largest absolute Gasteiger partial charge is 0.303 e. The van der Waals surface area contributed by atoms with Crippen LogP contribution in [0.1, 0.15) is 20.3 Å². The molecule has 3 heteroatoms. The van der Waals surface area contributed by atoms with E-state index in [0.717, 1.165) is 26.1 Å². The Labute approximate surface area is 84.0 Å². The molecule has 0 aromatic heterocycles. The maximum absolute atomic E-state index is 6.22. The summed E-state index contributed by atoms with van der Waals surface area (Å²) in [6.45, 7) is 7.76. The molecule has 0 N–H and O–H groups in total. The average Bonchev–Trinajstić information content (AvgIpc) is 2.47. The fourth-order valence-corrected chi connectivity index (χ4v) is 3.32. The van der Waals surface area contributed by atoms with Gasteiger partial charge in [0.05, 0.1) is 0 Å². The third-order valence-corrected chi connectivity index (χ3v) is 5.11. The van der Waals surface area contributed by atoms with Crippen LogP contribution in [0.3, 0.4) is 0 Å². The van der Waals surface area contributed by atoms with Gasteiger partial charge in [0.1, 0.15) is 4.33 Å². The first-order valence-corrected chi connectivity index (χ1v) is 5.38. The quantitative estimate of drug-likeness (QED) is 0.598. The van der Waals surface area contributed by atoms with Crippen molar-refractivity contribution in [2.45, 2.75) is 24.6 Å². The number of fused-ring (bicyclic) bond motifs is 1. The summed E-state index contributed by atoms with van der Waals surface area (Å²) in [7, 11) is 0. The predicted molar refractivity (Wildman–Crippen MR) is 52.8 cm³/mol. The van der Waals surface area contributed by atoms with Gasteiger partial charge in [-0.05, 0) is 19.5 Å². The smallest absolute Gasteiger partial charge is 0.128 e. The lowest BCUT2D eigenvalue weighted by atomic mass is 9.98. The number of likely N-dealkylation sites (tertiary alicyclic amines) is 1. The molecule has 1 aliphatic heterocycles. The molecule has 0 amide bonds. The molecule has 0 aromatic rings. The van der Waals surface area contributed by atoms with Crippen LogP contribution in [0.2, 0.25) is 0 Å². The summed E-state index contributed by atoms with van der Waals surface area (Å²) < 4.78 is -0.434. The number of alkyl halides is 2. The lowest BCUT2D eigenvalue weighted by molar-refractivity contribution is 0.194. The number of hydrogen-bond acceptors (Lipinski definition) is 1. The van der Waals surface area contributed by atoms with E-state index in [1.807, 2.05) is 0 Å². The second kappa shape index (κ2) is 2.52. The Morgan fingerprint density at radius 2 is 2.17 bits per heavy atom. The molecule has 1 aliphatic carbocycles. The predicted octanol–water partition coefficient (Wildman–Crippen LogP) is 2.52. The molecule has 2 aliphatic rings. The van der Waals surface area contributed by atoms with Gasteiger partial charge < -0.3 is 4.90 Å². The van der Waals surface area contributed by atoms with Crippen molar-refractivity contribution in [3.05, 3.63) is 0 Å². The van der Waals surface area contributed by atoms with Crippen LogP contribution in [0.15, 0.2) is 0 Å². The van der Waals surface area contributed by atoms with E-state index < -0.39 is 4.33 Å². The van der Waals surface area contributed by atoms with Crippen molar-refractivity contribution < 1.29 is 0 Å². The molecule has 0 bridgehead atoms. The first kappa shape index (κ1) is 9.11. The molecule has 0 aromatic carbocycles. The molecule has 1 heterocycles. The number of hydrogen-bond donors (Lipinski definition) is 0. The van der Waals surface area contributed by atoms with E-state index in [1.165, 1.54) is 0 Å². The SMILES string of the molecule is CCN1CCC2(C)C(C1)C2(Cl)Cl. The van der Waals surface area contributed by atoms with Gasteiger partial charge >= 0.3 is 0 Å². The molecule has 1 saturated heterocycles. The van der Waals surface area contributed by atoms with Crippen LogP contribution in [0.5, 0.6) is 0 Å². The summed E-state index contributed by atoms with van der Waals surface area (Å²) in [5.74, 6) is 0.502. The normalized spacial score (nSPS) is 45.5. The van der Waals surface area contributed by atoms with Crippen molar-refractivity contribution >= 4 is 23.2 Å². The van der Waals surface area contributed by atoms with Crippen molar-refractivity contribution in [2.24, 2.45) is 11.3 Å². The fraction of sp³-hybridized carbons (Fsp3) is 1.00. The number of rotatable bonds is 1. The minimum Gasteiger partial charge on any atom is -0.303 e. The van der Waals surface area contributed by atoms with Crippen LogP contribution in [0.25, 0.3) is 0 Å². The third-order valence-electron chi connectivity index (χ3n) is 3.72. The van der Waals surface area contributed by atoms with Gasteiger partial charge in [0.15, 0.2) is 0 Å². The standard InChI is InChI=1S/C9H15Cl2N/c1-3-12-5-4-8(2)7(6-12)9(8,10)11/h7H,3-6H2,1-2H3. The second-order valence-corrected chi connectivity index (χ2v) is 5.62. The molecule has 12 heavy (non-hydrogen) atoms. The summed E-state index contributed by atoms with van der Waals surface area (Å²) in [5.41, 5.74) is 0.210. The zero-order valence-electron chi connectivity index (χ0n) is 7.61. The maximum Gasteiger partial charge on any atom is 0.128 e. The molecular formula is C9H15Cl2N. The van der Waals surface area contributed by atoms with Crippen molar-refractivity contribution in [1.29, 1.82) is 0 Å². The van der Waals surface area contributed by atoms with Crippen LogP contribution in [-0.4, -0.2) is 28.9 Å². The molecule has 1 saturated carbocycles. The van der Waals surface area contributed by atoms with E-state index in [0.29, 0.717) is 5.92 Å². The number of halogens is 2. The van der Waals surface area contributed by atoms with Crippen LogP contribution >= 0.6 is 23.2 Å². The van der Waals surface area contributed by atoms with E-state index in [1.54, 1.807) is 0 Å². The second-order valence-electron chi connectivity index (χ2n) is 4.24. The van der Waals surface area contributed by atoms with Gasteiger partial charge in [-0.25, -0.2) is 0 Å². The third kappa shape index (κ3) is 0.964. The summed E-state index contributed by atoms with van der Waals surface area (Å²) in [4.78, 5) is 2.43. The van der Waals surface area contributed by atoms with Crippen LogP contribution in [0, 0.1) is 11.3 Å². The van der Waals surface area contributed by atoms with Gasteiger partial charge in [-0.1, -0.05) is 13.8 Å². The van der Waals surface area contributed by atoms with E-state index in [2.05, 4.69) is 18.7 Å². The Morgan fingerprint density at radius 1 is 1.50 bits per heavy atom. The van der Waals surface area contributed by atoms with Crippen molar-refractivity contribution in [2.75, 3.05) is 19.6 Å². The van der Waals surface area contributed by atoms with Crippen LogP contribution < -0.4 is 0 Å². The molecule has 2 atom stereocenters. The van der Waals surface area contributed by atoms with Gasteiger partial charge in [0.25, 0.3) is 0 Å². The minimum absolute atomic E-state index is 0.210. The Hall–Kier alpha value is 0.540. The Bertz CT molecular complexity index is 205. The summed E-state index contributed by atoms with van der Waals surface area (Å²) in [6, 6.07) is 0. The minimum atomic E-state index is -0.434.